The Labute approximate surface area is 138 Å². The molecule has 0 saturated carbocycles. The lowest BCUT2D eigenvalue weighted by atomic mass is 9.92. The van der Waals surface area contributed by atoms with Crippen molar-refractivity contribution in [2.24, 2.45) is 13.0 Å². The Morgan fingerprint density at radius 2 is 1.96 bits per heavy atom. The summed E-state index contributed by atoms with van der Waals surface area (Å²) in [5, 5.41) is 7.19. The minimum atomic E-state index is -0.155. The molecule has 0 radical (unpaired) electrons. The fourth-order valence-corrected chi connectivity index (χ4v) is 3.32. The van der Waals surface area contributed by atoms with E-state index in [0.29, 0.717) is 30.2 Å². The van der Waals surface area contributed by atoms with Crippen molar-refractivity contribution < 1.29 is 9.53 Å². The van der Waals surface area contributed by atoms with E-state index in [-0.39, 0.29) is 5.91 Å². The molecule has 1 fully saturated rings. The summed E-state index contributed by atoms with van der Waals surface area (Å²) in [5.74, 6) is 1.39. The third-order valence-corrected chi connectivity index (χ3v) is 4.65. The highest BCUT2D eigenvalue weighted by atomic mass is 16.5. The van der Waals surface area contributed by atoms with Crippen LogP contribution in [0.3, 0.4) is 0 Å². The molecule has 0 unspecified atom stereocenters. The van der Waals surface area contributed by atoms with Crippen molar-refractivity contribution >= 4 is 5.91 Å². The summed E-state index contributed by atoms with van der Waals surface area (Å²) in [6, 6.07) is 0.340. The third kappa shape index (κ3) is 4.51. The number of morpholine rings is 1. The van der Waals surface area contributed by atoms with E-state index in [9.17, 15) is 4.79 Å². The minimum absolute atomic E-state index is 0.155. The van der Waals surface area contributed by atoms with Gasteiger partial charge in [0, 0.05) is 32.7 Å². The van der Waals surface area contributed by atoms with E-state index in [4.69, 9.17) is 4.74 Å². The monoisotopic (exact) mass is 323 g/mol. The van der Waals surface area contributed by atoms with Crippen LogP contribution in [0, 0.1) is 12.8 Å². The van der Waals surface area contributed by atoms with Gasteiger partial charge in [-0.15, -0.1) is 0 Å². The van der Waals surface area contributed by atoms with Crippen LogP contribution in [0.4, 0.5) is 0 Å². The molecule has 0 aliphatic carbocycles. The molecule has 2 heterocycles. The molecule has 1 amide bonds. The molecule has 1 aromatic rings. The summed E-state index contributed by atoms with van der Waals surface area (Å²) >= 11 is 0. The zero-order valence-electron chi connectivity index (χ0n) is 14.7. The summed E-state index contributed by atoms with van der Waals surface area (Å²) in [6.45, 7) is 10.3. The van der Waals surface area contributed by atoms with Crippen LogP contribution in [0.2, 0.25) is 0 Å². The molecule has 23 heavy (non-hydrogen) atoms. The Morgan fingerprint density at radius 1 is 1.30 bits per heavy atom. The van der Waals surface area contributed by atoms with Crippen molar-refractivity contribution in [3.63, 3.8) is 0 Å². The second-order valence-corrected chi connectivity index (χ2v) is 6.11. The number of carbonyl (C=O) groups excluding carboxylic acids is 1. The first kappa shape index (κ1) is 17.9. The fourth-order valence-electron chi connectivity index (χ4n) is 3.32. The topological polar surface area (TPSA) is 72.3 Å². The SMILES string of the molecule is CCC(CC)[C@H](CNC(=O)c1nc(C)nn1C)N1CCOCC1. The average molecular weight is 323 g/mol. The summed E-state index contributed by atoms with van der Waals surface area (Å²) in [7, 11) is 1.75. The van der Waals surface area contributed by atoms with Gasteiger partial charge in [0.1, 0.15) is 5.82 Å². The number of aromatic nitrogens is 3. The van der Waals surface area contributed by atoms with Gasteiger partial charge in [0.2, 0.25) is 5.82 Å². The first-order chi connectivity index (χ1) is 11.1. The number of rotatable bonds is 7. The van der Waals surface area contributed by atoms with Crippen molar-refractivity contribution in [3.05, 3.63) is 11.6 Å². The van der Waals surface area contributed by atoms with E-state index in [1.54, 1.807) is 14.0 Å². The predicted molar refractivity (Wildman–Crippen MR) is 88.3 cm³/mol. The molecule has 1 atom stereocenters. The third-order valence-electron chi connectivity index (χ3n) is 4.65. The normalized spacial score (nSPS) is 17.4. The van der Waals surface area contributed by atoms with Crippen LogP contribution in [0.15, 0.2) is 0 Å². The molecule has 130 valence electrons. The van der Waals surface area contributed by atoms with Crippen LogP contribution < -0.4 is 5.32 Å². The van der Waals surface area contributed by atoms with Gasteiger partial charge in [-0.2, -0.15) is 5.10 Å². The molecule has 1 N–H and O–H groups in total. The van der Waals surface area contributed by atoms with Crippen LogP contribution in [0.5, 0.6) is 0 Å². The molecule has 0 bridgehead atoms. The van der Waals surface area contributed by atoms with Crippen molar-refractivity contribution in [2.45, 2.75) is 39.7 Å². The summed E-state index contributed by atoms with van der Waals surface area (Å²) in [6.07, 6.45) is 2.22. The smallest absolute Gasteiger partial charge is 0.288 e. The lowest BCUT2D eigenvalue weighted by molar-refractivity contribution is 0.00187. The summed E-state index contributed by atoms with van der Waals surface area (Å²) in [5.41, 5.74) is 0. The van der Waals surface area contributed by atoms with Crippen molar-refractivity contribution in [2.75, 3.05) is 32.8 Å². The molecule has 7 heteroatoms. The van der Waals surface area contributed by atoms with Crippen molar-refractivity contribution in [3.8, 4) is 0 Å². The molecule has 0 aromatic carbocycles. The molecule has 1 aliphatic rings. The van der Waals surface area contributed by atoms with Gasteiger partial charge in [0.15, 0.2) is 0 Å². The summed E-state index contributed by atoms with van der Waals surface area (Å²) < 4.78 is 6.99. The van der Waals surface area contributed by atoms with Crippen molar-refractivity contribution in [1.29, 1.82) is 0 Å². The van der Waals surface area contributed by atoms with E-state index in [0.717, 1.165) is 39.1 Å². The average Bonchev–Trinajstić information content (AvgIpc) is 2.90. The number of hydrogen-bond donors (Lipinski definition) is 1. The van der Waals surface area contributed by atoms with Gasteiger partial charge in [-0.3, -0.25) is 9.69 Å². The second-order valence-electron chi connectivity index (χ2n) is 6.11. The standard InChI is InChI=1S/C16H29N5O2/c1-5-13(6-2)14(21-7-9-23-10-8-21)11-17-16(22)15-18-12(3)19-20(15)4/h13-14H,5-11H2,1-4H3,(H,17,22)/t14-/m0/s1. The van der Waals surface area contributed by atoms with Gasteiger partial charge < -0.3 is 10.1 Å². The van der Waals surface area contributed by atoms with Crippen LogP contribution in [-0.4, -0.2) is 64.5 Å². The van der Waals surface area contributed by atoms with Crippen molar-refractivity contribution in [1.82, 2.24) is 25.0 Å². The Morgan fingerprint density at radius 3 is 2.48 bits per heavy atom. The van der Waals surface area contributed by atoms with Crippen LogP contribution in [0.1, 0.15) is 43.1 Å². The number of nitrogens with one attached hydrogen (secondary N) is 1. The fraction of sp³-hybridized carbons (Fsp3) is 0.812. The minimum Gasteiger partial charge on any atom is -0.379 e. The first-order valence-corrected chi connectivity index (χ1v) is 8.54. The molecular weight excluding hydrogens is 294 g/mol. The molecule has 0 spiro atoms. The molecule has 1 saturated heterocycles. The Hall–Kier alpha value is -1.47. The molecule has 1 aliphatic heterocycles. The molecule has 7 nitrogen and oxygen atoms in total. The van der Waals surface area contributed by atoms with Gasteiger partial charge in [-0.1, -0.05) is 26.7 Å². The second kappa shape index (κ2) is 8.40. The van der Waals surface area contributed by atoms with E-state index in [1.807, 2.05) is 0 Å². The Bertz CT molecular complexity index is 507. The lowest BCUT2D eigenvalue weighted by Crippen LogP contribution is -2.52. The number of ether oxygens (including phenoxy) is 1. The van der Waals surface area contributed by atoms with E-state index in [2.05, 4.69) is 34.1 Å². The maximum absolute atomic E-state index is 12.4. The number of amides is 1. The Balaban J connectivity index is 2.02. The number of aryl methyl sites for hydroxylation is 2. The maximum Gasteiger partial charge on any atom is 0.288 e. The van der Waals surface area contributed by atoms with Gasteiger partial charge >= 0.3 is 0 Å². The van der Waals surface area contributed by atoms with E-state index in [1.165, 1.54) is 4.68 Å². The predicted octanol–water partition coefficient (Wildman–Crippen LogP) is 0.990. The van der Waals surface area contributed by atoms with Crippen LogP contribution in [0.25, 0.3) is 0 Å². The summed E-state index contributed by atoms with van der Waals surface area (Å²) in [4.78, 5) is 19.0. The largest absolute Gasteiger partial charge is 0.379 e. The lowest BCUT2D eigenvalue weighted by Gasteiger charge is -2.38. The van der Waals surface area contributed by atoms with E-state index < -0.39 is 0 Å². The van der Waals surface area contributed by atoms with Crippen LogP contribution >= 0.6 is 0 Å². The van der Waals surface area contributed by atoms with Gasteiger partial charge in [-0.25, -0.2) is 9.67 Å². The first-order valence-electron chi connectivity index (χ1n) is 8.54. The quantitative estimate of drug-likeness (QED) is 0.810. The van der Waals surface area contributed by atoms with Gasteiger partial charge in [0.25, 0.3) is 5.91 Å². The zero-order chi connectivity index (χ0) is 16.8. The van der Waals surface area contributed by atoms with E-state index >= 15 is 0 Å². The van der Waals surface area contributed by atoms with Gasteiger partial charge in [0.05, 0.1) is 13.2 Å². The molecule has 2 rings (SSSR count). The molecular formula is C16H29N5O2. The highest BCUT2D eigenvalue weighted by Gasteiger charge is 2.27. The maximum atomic E-state index is 12.4. The highest BCUT2D eigenvalue weighted by Crippen LogP contribution is 2.19. The highest BCUT2D eigenvalue weighted by molar-refractivity contribution is 5.90. The Kier molecular flexibility index (Phi) is 6.53. The zero-order valence-corrected chi connectivity index (χ0v) is 14.7. The number of nitrogens with zero attached hydrogens (tertiary/aromatic N) is 4. The number of hydrogen-bond acceptors (Lipinski definition) is 5. The van der Waals surface area contributed by atoms with Gasteiger partial charge in [-0.05, 0) is 12.8 Å². The number of carbonyl (C=O) groups is 1. The van der Waals surface area contributed by atoms with Crippen LogP contribution in [-0.2, 0) is 11.8 Å². The molecule has 1 aromatic heterocycles.